The molecular formula is C15H25NO3. The van der Waals surface area contributed by atoms with Gasteiger partial charge in [-0.1, -0.05) is 6.92 Å². The molecule has 2 unspecified atom stereocenters. The van der Waals surface area contributed by atoms with Gasteiger partial charge in [-0.3, -0.25) is 4.79 Å². The van der Waals surface area contributed by atoms with Crippen LogP contribution in [-0.4, -0.2) is 44.3 Å². The summed E-state index contributed by atoms with van der Waals surface area (Å²) >= 11 is 0. The van der Waals surface area contributed by atoms with Gasteiger partial charge < -0.3 is 14.8 Å². The molecule has 1 N–H and O–H groups in total. The number of Topliss-reactive ketones (excluding diaryl/α,β-unsaturated/α-hetero) is 1. The minimum Gasteiger partial charge on any atom is -0.381 e. The summed E-state index contributed by atoms with van der Waals surface area (Å²) in [7, 11) is 0. The lowest BCUT2D eigenvalue weighted by Gasteiger charge is -2.44. The van der Waals surface area contributed by atoms with Gasteiger partial charge in [0.2, 0.25) is 0 Å². The predicted octanol–water partition coefficient (Wildman–Crippen LogP) is 1.53. The molecule has 3 heterocycles. The second-order valence-corrected chi connectivity index (χ2v) is 6.69. The summed E-state index contributed by atoms with van der Waals surface area (Å²) < 4.78 is 11.5. The number of nitrogens with one attached hydrogen (secondary N) is 1. The highest BCUT2D eigenvalue weighted by molar-refractivity contribution is 5.87. The summed E-state index contributed by atoms with van der Waals surface area (Å²) in [5.74, 6) is 0.656. The fourth-order valence-electron chi connectivity index (χ4n) is 3.86. The summed E-state index contributed by atoms with van der Waals surface area (Å²) in [5.41, 5.74) is -0.215. The Bertz CT molecular complexity index is 338. The van der Waals surface area contributed by atoms with Crippen LogP contribution >= 0.6 is 0 Å². The quantitative estimate of drug-likeness (QED) is 0.824. The van der Waals surface area contributed by atoms with E-state index < -0.39 is 0 Å². The Labute approximate surface area is 115 Å². The van der Waals surface area contributed by atoms with Crippen LogP contribution in [-0.2, 0) is 14.3 Å². The number of carbonyl (C=O) groups is 1. The maximum Gasteiger partial charge on any atom is 0.143 e. The highest BCUT2D eigenvalue weighted by Gasteiger charge is 2.46. The van der Waals surface area contributed by atoms with Crippen molar-refractivity contribution in [3.63, 3.8) is 0 Å². The second kappa shape index (κ2) is 5.15. The van der Waals surface area contributed by atoms with Crippen molar-refractivity contribution < 1.29 is 14.3 Å². The summed E-state index contributed by atoms with van der Waals surface area (Å²) in [6.07, 6.45) is 4.69. The number of hydrogen-bond acceptors (Lipinski definition) is 4. The zero-order valence-corrected chi connectivity index (χ0v) is 11.9. The molecule has 0 radical (unpaired) electrons. The minimum absolute atomic E-state index is 0.0702. The largest absolute Gasteiger partial charge is 0.381 e. The number of rotatable bonds is 2. The Morgan fingerprint density at radius 1 is 1.21 bits per heavy atom. The summed E-state index contributed by atoms with van der Waals surface area (Å²) in [4.78, 5) is 12.8. The van der Waals surface area contributed by atoms with Gasteiger partial charge in [0.25, 0.3) is 0 Å². The number of hydrogen-bond donors (Lipinski definition) is 1. The Hall–Kier alpha value is -0.450. The summed E-state index contributed by atoms with van der Waals surface area (Å²) in [6.45, 7) is 6.24. The van der Waals surface area contributed by atoms with Gasteiger partial charge in [0.1, 0.15) is 5.78 Å². The molecule has 3 aliphatic heterocycles. The molecule has 3 saturated heterocycles. The van der Waals surface area contributed by atoms with Crippen molar-refractivity contribution in [1.82, 2.24) is 5.32 Å². The molecule has 0 amide bonds. The van der Waals surface area contributed by atoms with E-state index in [2.05, 4.69) is 12.2 Å². The predicted molar refractivity (Wildman–Crippen MR) is 72.1 cm³/mol. The number of ketones is 1. The monoisotopic (exact) mass is 267 g/mol. The lowest BCUT2D eigenvalue weighted by molar-refractivity contribution is -0.161. The van der Waals surface area contributed by atoms with Crippen LogP contribution in [0.5, 0.6) is 0 Å². The van der Waals surface area contributed by atoms with E-state index in [1.54, 1.807) is 0 Å². The fourth-order valence-corrected chi connectivity index (χ4v) is 3.86. The van der Waals surface area contributed by atoms with Gasteiger partial charge >= 0.3 is 0 Å². The SMILES string of the molecule is CC1(C(=O)C2CCOC3(CCOCC3)C2)CCNC1. The van der Waals surface area contributed by atoms with E-state index in [4.69, 9.17) is 9.47 Å². The Morgan fingerprint density at radius 3 is 2.68 bits per heavy atom. The van der Waals surface area contributed by atoms with Crippen molar-refractivity contribution in [2.75, 3.05) is 32.9 Å². The number of carbonyl (C=O) groups excluding carboxylic acids is 1. The molecule has 3 rings (SSSR count). The second-order valence-electron chi connectivity index (χ2n) is 6.69. The van der Waals surface area contributed by atoms with Crippen molar-refractivity contribution >= 4 is 5.78 Å². The molecule has 0 aromatic carbocycles. The van der Waals surface area contributed by atoms with E-state index in [-0.39, 0.29) is 16.9 Å². The Balaban J connectivity index is 1.69. The van der Waals surface area contributed by atoms with Crippen LogP contribution in [0.15, 0.2) is 0 Å². The van der Waals surface area contributed by atoms with E-state index in [1.807, 2.05) is 0 Å². The normalized spacial score (nSPS) is 38.5. The average molecular weight is 267 g/mol. The topological polar surface area (TPSA) is 47.6 Å². The van der Waals surface area contributed by atoms with E-state index in [0.717, 1.165) is 65.0 Å². The van der Waals surface area contributed by atoms with Gasteiger partial charge in [-0.15, -0.1) is 0 Å². The molecule has 108 valence electrons. The van der Waals surface area contributed by atoms with Gasteiger partial charge in [0, 0.05) is 37.7 Å². The molecule has 0 aromatic heterocycles. The molecule has 0 saturated carbocycles. The molecule has 4 nitrogen and oxygen atoms in total. The fraction of sp³-hybridized carbons (Fsp3) is 0.933. The molecule has 1 spiro atoms. The molecular weight excluding hydrogens is 242 g/mol. The molecule has 0 aromatic rings. The number of ether oxygens (including phenoxy) is 2. The summed E-state index contributed by atoms with van der Waals surface area (Å²) in [5, 5.41) is 3.33. The van der Waals surface area contributed by atoms with Crippen LogP contribution < -0.4 is 5.32 Å². The third-order valence-corrected chi connectivity index (χ3v) is 5.23. The Morgan fingerprint density at radius 2 is 2.00 bits per heavy atom. The Kier molecular flexibility index (Phi) is 3.67. The third-order valence-electron chi connectivity index (χ3n) is 5.23. The minimum atomic E-state index is -0.144. The average Bonchev–Trinajstić information content (AvgIpc) is 2.87. The molecule has 0 aliphatic carbocycles. The van der Waals surface area contributed by atoms with Gasteiger partial charge in [0.05, 0.1) is 5.60 Å². The smallest absolute Gasteiger partial charge is 0.143 e. The van der Waals surface area contributed by atoms with E-state index in [1.165, 1.54) is 0 Å². The molecule has 3 aliphatic rings. The van der Waals surface area contributed by atoms with E-state index in [0.29, 0.717) is 5.78 Å². The first-order valence-electron chi connectivity index (χ1n) is 7.60. The van der Waals surface area contributed by atoms with Crippen LogP contribution in [0, 0.1) is 11.3 Å². The van der Waals surface area contributed by atoms with Crippen molar-refractivity contribution in [3.8, 4) is 0 Å². The first kappa shape index (κ1) is 13.5. The van der Waals surface area contributed by atoms with Gasteiger partial charge in [-0.05, 0) is 38.6 Å². The van der Waals surface area contributed by atoms with Crippen LogP contribution in [0.1, 0.15) is 39.0 Å². The van der Waals surface area contributed by atoms with Crippen molar-refractivity contribution in [1.29, 1.82) is 0 Å². The molecule has 2 atom stereocenters. The molecule has 3 fully saturated rings. The lowest BCUT2D eigenvalue weighted by atomic mass is 9.71. The van der Waals surface area contributed by atoms with Gasteiger partial charge in [-0.2, -0.15) is 0 Å². The maximum atomic E-state index is 12.8. The van der Waals surface area contributed by atoms with Gasteiger partial charge in [-0.25, -0.2) is 0 Å². The molecule has 19 heavy (non-hydrogen) atoms. The standard InChI is InChI=1S/C15H25NO3/c1-14(3-6-16-11-14)13(17)12-2-7-19-15(10-12)4-8-18-9-5-15/h12,16H,2-11H2,1H3. The highest BCUT2D eigenvalue weighted by Crippen LogP contribution is 2.41. The maximum absolute atomic E-state index is 12.8. The van der Waals surface area contributed by atoms with Crippen LogP contribution in [0.4, 0.5) is 0 Å². The van der Waals surface area contributed by atoms with Crippen LogP contribution in [0.3, 0.4) is 0 Å². The first-order chi connectivity index (χ1) is 9.14. The zero-order valence-electron chi connectivity index (χ0n) is 11.9. The molecule has 0 bridgehead atoms. The lowest BCUT2D eigenvalue weighted by Crippen LogP contribution is -2.48. The van der Waals surface area contributed by atoms with Crippen molar-refractivity contribution in [2.24, 2.45) is 11.3 Å². The molecule has 4 heteroatoms. The van der Waals surface area contributed by atoms with Crippen molar-refractivity contribution in [2.45, 2.75) is 44.6 Å². The summed E-state index contributed by atoms with van der Waals surface area (Å²) in [6, 6.07) is 0. The van der Waals surface area contributed by atoms with Gasteiger partial charge in [0.15, 0.2) is 0 Å². The van der Waals surface area contributed by atoms with E-state index in [9.17, 15) is 4.79 Å². The van der Waals surface area contributed by atoms with E-state index >= 15 is 0 Å². The van der Waals surface area contributed by atoms with Crippen LogP contribution in [0.25, 0.3) is 0 Å². The zero-order chi connectivity index (χ0) is 13.3. The first-order valence-corrected chi connectivity index (χ1v) is 7.60. The van der Waals surface area contributed by atoms with Crippen LogP contribution in [0.2, 0.25) is 0 Å². The highest BCUT2D eigenvalue weighted by atomic mass is 16.5. The van der Waals surface area contributed by atoms with Crippen molar-refractivity contribution in [3.05, 3.63) is 0 Å². The third kappa shape index (κ3) is 2.58.